The van der Waals surface area contributed by atoms with Crippen LogP contribution >= 0.6 is 0 Å². The van der Waals surface area contributed by atoms with Crippen molar-refractivity contribution in [2.24, 2.45) is 11.8 Å². The number of fused-ring (bicyclic) bond motifs is 1. The Labute approximate surface area is 161 Å². The second-order valence-electron chi connectivity index (χ2n) is 6.96. The van der Waals surface area contributed by atoms with Gasteiger partial charge in [-0.25, -0.2) is 9.18 Å². The molecule has 0 aromatic heterocycles. The number of nitrogens with zero attached hydrogens (tertiary/aromatic N) is 1. The molecular formula is C20H21FN2O5. The molecule has 4 atom stereocenters. The molecule has 1 heterocycles. The monoisotopic (exact) mass is 388 g/mol. The molecule has 28 heavy (non-hydrogen) atoms. The smallest absolute Gasteiger partial charge is 0.329 e. The molecule has 1 aliphatic heterocycles. The average molecular weight is 388 g/mol. The summed E-state index contributed by atoms with van der Waals surface area (Å²) in [6.45, 7) is 2.76. The Morgan fingerprint density at radius 2 is 1.75 bits per heavy atom. The van der Waals surface area contributed by atoms with Crippen molar-refractivity contribution in [3.8, 4) is 0 Å². The fourth-order valence-electron chi connectivity index (χ4n) is 3.45. The highest BCUT2D eigenvalue weighted by molar-refractivity contribution is 6.08. The number of esters is 1. The third-order valence-corrected chi connectivity index (χ3v) is 5.02. The first-order valence-electron chi connectivity index (χ1n) is 9.08. The molecule has 148 valence electrons. The number of ether oxygens (including phenoxy) is 1. The molecule has 1 aliphatic carbocycles. The van der Waals surface area contributed by atoms with Crippen molar-refractivity contribution in [1.29, 1.82) is 0 Å². The summed E-state index contributed by atoms with van der Waals surface area (Å²) in [4.78, 5) is 50.6. The van der Waals surface area contributed by atoms with Crippen molar-refractivity contribution in [2.45, 2.75) is 38.8 Å². The van der Waals surface area contributed by atoms with Gasteiger partial charge in [-0.1, -0.05) is 18.2 Å². The number of likely N-dealkylation sites (tertiary alicyclic amines) is 1. The van der Waals surface area contributed by atoms with E-state index in [4.69, 9.17) is 4.74 Å². The van der Waals surface area contributed by atoms with Crippen LogP contribution in [0, 0.1) is 17.7 Å². The quantitative estimate of drug-likeness (QED) is 0.473. The van der Waals surface area contributed by atoms with E-state index in [1.54, 1.807) is 0 Å². The topological polar surface area (TPSA) is 92.8 Å². The summed E-state index contributed by atoms with van der Waals surface area (Å²) in [5.74, 6) is -3.68. The van der Waals surface area contributed by atoms with Crippen LogP contribution in [0.15, 0.2) is 36.4 Å². The highest BCUT2D eigenvalue weighted by Gasteiger charge is 2.50. The number of allylic oxidation sites excluding steroid dienone is 2. The van der Waals surface area contributed by atoms with E-state index in [2.05, 4.69) is 5.32 Å². The van der Waals surface area contributed by atoms with Crippen molar-refractivity contribution in [3.63, 3.8) is 0 Å². The predicted molar refractivity (Wildman–Crippen MR) is 97.3 cm³/mol. The number of halogens is 1. The van der Waals surface area contributed by atoms with Crippen molar-refractivity contribution in [1.82, 2.24) is 4.90 Å². The lowest BCUT2D eigenvalue weighted by Gasteiger charge is -2.23. The van der Waals surface area contributed by atoms with Crippen LogP contribution in [0.3, 0.4) is 0 Å². The first-order chi connectivity index (χ1) is 13.3. The number of nitrogens with one attached hydrogen (secondary N) is 1. The Morgan fingerprint density at radius 3 is 2.32 bits per heavy atom. The Bertz CT molecular complexity index is 827. The molecule has 1 N–H and O–H groups in total. The lowest BCUT2D eigenvalue weighted by molar-refractivity contribution is -0.163. The lowest BCUT2D eigenvalue weighted by atomic mass is 9.85. The molecule has 1 aromatic rings. The van der Waals surface area contributed by atoms with Crippen LogP contribution in [0.1, 0.15) is 26.7 Å². The molecule has 1 saturated heterocycles. The highest BCUT2D eigenvalue weighted by Crippen LogP contribution is 2.36. The maximum atomic E-state index is 13.2. The summed E-state index contributed by atoms with van der Waals surface area (Å²) in [5, 5.41) is 2.44. The van der Waals surface area contributed by atoms with Gasteiger partial charge in [-0.2, -0.15) is 0 Å². The van der Waals surface area contributed by atoms with Gasteiger partial charge in [-0.15, -0.1) is 0 Å². The van der Waals surface area contributed by atoms with Gasteiger partial charge in [-0.05, 0) is 44.9 Å². The first kappa shape index (κ1) is 19.7. The lowest BCUT2D eigenvalue weighted by Crippen LogP contribution is -2.46. The normalized spacial score (nSPS) is 23.2. The van der Waals surface area contributed by atoms with Crippen LogP contribution in [0.4, 0.5) is 10.1 Å². The molecular weight excluding hydrogens is 367 g/mol. The number of hydrogen-bond donors (Lipinski definition) is 1. The zero-order chi connectivity index (χ0) is 20.4. The van der Waals surface area contributed by atoms with E-state index in [1.165, 1.54) is 32.0 Å². The second kappa shape index (κ2) is 7.92. The summed E-state index contributed by atoms with van der Waals surface area (Å²) in [6, 6.07) is 4.16. The molecule has 3 amide bonds. The van der Waals surface area contributed by atoms with Crippen LogP contribution in [-0.4, -0.2) is 40.7 Å². The number of hydrogen-bond acceptors (Lipinski definition) is 5. The van der Waals surface area contributed by atoms with Crippen LogP contribution in [-0.2, 0) is 23.9 Å². The standard InChI is InChI=1S/C20H21FN2O5/c1-11(23-18(25)15-8-3-4-9-16(15)19(23)26)20(27)28-12(2)17(24)22-14-7-5-6-13(21)10-14/h3-7,10-12,15-16H,8-9H2,1-2H3,(H,22,24)/t11-,12+,15-,16+/m0/s1. The van der Waals surface area contributed by atoms with Crippen molar-refractivity contribution < 1.29 is 28.3 Å². The molecule has 0 unspecified atom stereocenters. The minimum atomic E-state index is -1.19. The highest BCUT2D eigenvalue weighted by atomic mass is 19.1. The minimum absolute atomic E-state index is 0.224. The number of carbonyl (C=O) groups is 4. The molecule has 3 rings (SSSR count). The third-order valence-electron chi connectivity index (χ3n) is 5.02. The molecule has 1 fully saturated rings. The maximum Gasteiger partial charge on any atom is 0.329 e. The molecule has 0 radical (unpaired) electrons. The maximum absolute atomic E-state index is 13.2. The predicted octanol–water partition coefficient (Wildman–Crippen LogP) is 2.04. The van der Waals surface area contributed by atoms with Gasteiger partial charge < -0.3 is 10.1 Å². The number of amides is 3. The summed E-state index contributed by atoms with van der Waals surface area (Å²) >= 11 is 0. The van der Waals surface area contributed by atoms with E-state index < -0.39 is 41.7 Å². The molecule has 0 saturated carbocycles. The zero-order valence-electron chi connectivity index (χ0n) is 15.6. The third kappa shape index (κ3) is 3.81. The second-order valence-corrected chi connectivity index (χ2v) is 6.96. The van der Waals surface area contributed by atoms with Crippen molar-refractivity contribution in [3.05, 3.63) is 42.2 Å². The van der Waals surface area contributed by atoms with Gasteiger partial charge in [0.05, 0.1) is 11.8 Å². The van der Waals surface area contributed by atoms with Gasteiger partial charge in [0.2, 0.25) is 11.8 Å². The number of benzene rings is 1. The van der Waals surface area contributed by atoms with Gasteiger partial charge in [0.1, 0.15) is 11.9 Å². The van der Waals surface area contributed by atoms with Gasteiger partial charge in [0.25, 0.3) is 5.91 Å². The Hall–Kier alpha value is -3.03. The van der Waals surface area contributed by atoms with Gasteiger partial charge in [0, 0.05) is 5.69 Å². The zero-order valence-corrected chi connectivity index (χ0v) is 15.6. The summed E-state index contributed by atoms with van der Waals surface area (Å²) in [6.07, 6.45) is 3.48. The SMILES string of the molecule is C[C@@H](OC(=O)[C@H](C)N1C(=O)[C@H]2CC=CC[C@H]2C1=O)C(=O)Nc1cccc(F)c1. The van der Waals surface area contributed by atoms with E-state index >= 15 is 0 Å². The Morgan fingerprint density at radius 1 is 1.14 bits per heavy atom. The minimum Gasteiger partial charge on any atom is -0.451 e. The Balaban J connectivity index is 1.61. The van der Waals surface area contributed by atoms with E-state index in [0.717, 1.165) is 11.0 Å². The van der Waals surface area contributed by atoms with Crippen LogP contribution in [0.5, 0.6) is 0 Å². The average Bonchev–Trinajstić information content (AvgIpc) is 2.92. The summed E-state index contributed by atoms with van der Waals surface area (Å²) < 4.78 is 18.3. The van der Waals surface area contributed by atoms with Crippen molar-refractivity contribution in [2.75, 3.05) is 5.32 Å². The summed E-state index contributed by atoms with van der Waals surface area (Å²) in [5.41, 5.74) is 0.224. The fraction of sp³-hybridized carbons (Fsp3) is 0.400. The van der Waals surface area contributed by atoms with Gasteiger partial charge in [0.15, 0.2) is 6.10 Å². The van der Waals surface area contributed by atoms with Crippen LogP contribution in [0.25, 0.3) is 0 Å². The molecule has 0 spiro atoms. The van der Waals surface area contributed by atoms with E-state index in [-0.39, 0.29) is 17.5 Å². The molecule has 2 aliphatic rings. The summed E-state index contributed by atoms with van der Waals surface area (Å²) in [7, 11) is 0. The van der Waals surface area contributed by atoms with Gasteiger partial charge in [-0.3, -0.25) is 19.3 Å². The number of anilines is 1. The largest absolute Gasteiger partial charge is 0.451 e. The molecule has 1 aromatic carbocycles. The van der Waals surface area contributed by atoms with E-state index in [0.29, 0.717) is 12.8 Å². The number of rotatable bonds is 5. The molecule has 8 heteroatoms. The fourth-order valence-corrected chi connectivity index (χ4v) is 3.45. The van der Waals surface area contributed by atoms with Crippen molar-refractivity contribution >= 4 is 29.4 Å². The number of carbonyl (C=O) groups excluding carboxylic acids is 4. The number of imide groups is 1. The Kier molecular flexibility index (Phi) is 5.58. The first-order valence-corrected chi connectivity index (χ1v) is 9.08. The van der Waals surface area contributed by atoms with Crippen LogP contribution < -0.4 is 5.32 Å². The van der Waals surface area contributed by atoms with Crippen LogP contribution in [0.2, 0.25) is 0 Å². The van der Waals surface area contributed by atoms with E-state index in [1.807, 2.05) is 12.2 Å². The molecule has 0 bridgehead atoms. The van der Waals surface area contributed by atoms with Gasteiger partial charge >= 0.3 is 5.97 Å². The molecule has 7 nitrogen and oxygen atoms in total. The van der Waals surface area contributed by atoms with E-state index in [9.17, 15) is 23.6 Å².